The quantitative estimate of drug-likeness (QED) is 0.257. The van der Waals surface area contributed by atoms with Crippen LogP contribution >= 0.6 is 0 Å². The molecule has 2 aliphatic rings. The summed E-state index contributed by atoms with van der Waals surface area (Å²) < 4.78 is 21.8. The molecule has 9 atom stereocenters. The van der Waals surface area contributed by atoms with Crippen LogP contribution in [-0.4, -0.2) is 99.2 Å². The summed E-state index contributed by atoms with van der Waals surface area (Å²) >= 11 is 0. The molecule has 0 amide bonds. The van der Waals surface area contributed by atoms with Gasteiger partial charge in [0.15, 0.2) is 6.29 Å². The first kappa shape index (κ1) is 23.1. The number of aliphatic hydroxyl groups is 6. The molecule has 10 heteroatoms. The first-order chi connectivity index (χ1) is 14.3. The largest absolute Gasteiger partial charge is 0.462 e. The van der Waals surface area contributed by atoms with Gasteiger partial charge in [0.25, 0.3) is 0 Å². The van der Waals surface area contributed by atoms with Crippen molar-refractivity contribution in [3.63, 3.8) is 0 Å². The normalized spacial score (nSPS) is 39.1. The van der Waals surface area contributed by atoms with E-state index in [4.69, 9.17) is 24.1 Å². The molecular formula is C20H28O10. The molecule has 30 heavy (non-hydrogen) atoms. The zero-order valence-electron chi connectivity index (χ0n) is 16.2. The molecule has 0 aliphatic carbocycles. The van der Waals surface area contributed by atoms with E-state index in [2.05, 4.69) is 6.58 Å². The third-order valence-electron chi connectivity index (χ3n) is 5.15. The van der Waals surface area contributed by atoms with E-state index in [0.717, 1.165) is 5.56 Å². The van der Waals surface area contributed by atoms with Gasteiger partial charge in [-0.1, -0.05) is 18.2 Å². The molecule has 0 bridgehead atoms. The van der Waals surface area contributed by atoms with Crippen molar-refractivity contribution in [1.29, 1.82) is 0 Å². The van der Waals surface area contributed by atoms with E-state index < -0.39 is 61.9 Å². The predicted octanol–water partition coefficient (Wildman–Crippen LogP) is -1.94. The monoisotopic (exact) mass is 428 g/mol. The van der Waals surface area contributed by atoms with E-state index in [9.17, 15) is 25.5 Å². The summed E-state index contributed by atoms with van der Waals surface area (Å²) in [6.07, 6.45) is -9.52. The lowest BCUT2D eigenvalue weighted by Crippen LogP contribution is -2.60. The van der Waals surface area contributed by atoms with Crippen molar-refractivity contribution in [3.8, 4) is 5.75 Å². The van der Waals surface area contributed by atoms with Crippen LogP contribution in [0.1, 0.15) is 5.56 Å². The Labute approximate surface area is 173 Å². The Morgan fingerprint density at radius 1 is 0.833 bits per heavy atom. The highest BCUT2D eigenvalue weighted by molar-refractivity contribution is 5.28. The van der Waals surface area contributed by atoms with Gasteiger partial charge in [-0.15, -0.1) is 6.58 Å². The van der Waals surface area contributed by atoms with E-state index in [-0.39, 0.29) is 6.61 Å². The van der Waals surface area contributed by atoms with Crippen molar-refractivity contribution in [2.24, 2.45) is 0 Å². The number of allylic oxidation sites excluding steroid dienone is 1. The molecule has 2 fully saturated rings. The topological polar surface area (TPSA) is 158 Å². The Bertz CT molecular complexity index is 683. The van der Waals surface area contributed by atoms with Crippen LogP contribution in [0.25, 0.3) is 0 Å². The molecule has 168 valence electrons. The van der Waals surface area contributed by atoms with Crippen LogP contribution in [0.4, 0.5) is 0 Å². The molecule has 0 radical (unpaired) electrons. The maximum atomic E-state index is 10.2. The van der Waals surface area contributed by atoms with Crippen LogP contribution in [0.3, 0.4) is 0 Å². The van der Waals surface area contributed by atoms with Crippen molar-refractivity contribution in [2.75, 3.05) is 13.2 Å². The van der Waals surface area contributed by atoms with Gasteiger partial charge in [-0.2, -0.15) is 0 Å². The maximum absolute atomic E-state index is 10.2. The third kappa shape index (κ3) is 4.99. The second-order valence-electron chi connectivity index (χ2n) is 7.31. The second kappa shape index (κ2) is 10.1. The lowest BCUT2D eigenvalue weighted by atomic mass is 9.99. The summed E-state index contributed by atoms with van der Waals surface area (Å²) in [6.45, 7) is 2.83. The highest BCUT2D eigenvalue weighted by Crippen LogP contribution is 2.27. The van der Waals surface area contributed by atoms with E-state index in [0.29, 0.717) is 12.2 Å². The van der Waals surface area contributed by atoms with Gasteiger partial charge in [-0.3, -0.25) is 0 Å². The Morgan fingerprint density at radius 3 is 2.03 bits per heavy atom. The first-order valence-corrected chi connectivity index (χ1v) is 9.66. The van der Waals surface area contributed by atoms with Gasteiger partial charge in [0.2, 0.25) is 6.29 Å². The van der Waals surface area contributed by atoms with E-state index in [1.54, 1.807) is 18.2 Å². The van der Waals surface area contributed by atoms with E-state index in [1.807, 2.05) is 12.1 Å². The highest BCUT2D eigenvalue weighted by Gasteiger charge is 2.47. The SMILES string of the molecule is C=CCc1ccc(OC2OC(COC3OC(CO)C(O)C3O)C(O)C(O)C2O)cc1. The van der Waals surface area contributed by atoms with Crippen molar-refractivity contribution in [1.82, 2.24) is 0 Å². The number of ether oxygens (including phenoxy) is 4. The Morgan fingerprint density at radius 2 is 1.43 bits per heavy atom. The lowest BCUT2D eigenvalue weighted by molar-refractivity contribution is -0.290. The third-order valence-corrected chi connectivity index (χ3v) is 5.15. The zero-order chi connectivity index (χ0) is 21.8. The predicted molar refractivity (Wildman–Crippen MR) is 101 cm³/mol. The molecule has 2 heterocycles. The molecule has 2 aliphatic heterocycles. The average Bonchev–Trinajstić information content (AvgIpc) is 3.02. The fourth-order valence-electron chi connectivity index (χ4n) is 3.35. The molecule has 0 saturated carbocycles. The number of aliphatic hydroxyl groups excluding tert-OH is 6. The maximum Gasteiger partial charge on any atom is 0.229 e. The average molecular weight is 428 g/mol. The number of hydrogen-bond donors (Lipinski definition) is 6. The summed E-state index contributed by atoms with van der Waals surface area (Å²) in [6, 6.07) is 6.99. The summed E-state index contributed by atoms with van der Waals surface area (Å²) in [7, 11) is 0. The highest BCUT2D eigenvalue weighted by atomic mass is 16.7. The summed E-state index contributed by atoms with van der Waals surface area (Å²) in [5.41, 5.74) is 1.02. The second-order valence-corrected chi connectivity index (χ2v) is 7.31. The number of benzene rings is 1. The molecular weight excluding hydrogens is 400 g/mol. The summed E-state index contributed by atoms with van der Waals surface area (Å²) in [4.78, 5) is 0. The molecule has 3 rings (SSSR count). The van der Waals surface area contributed by atoms with Crippen LogP contribution in [0.2, 0.25) is 0 Å². The standard InChI is InChI=1S/C20H28O10/c1-2-3-10-4-6-11(7-5-10)28-20-18(26)16(24)15(23)13(30-20)9-27-19-17(25)14(22)12(8-21)29-19/h2,4-7,12-26H,1,3,8-9H2. The van der Waals surface area contributed by atoms with Gasteiger partial charge in [0, 0.05) is 0 Å². The fourth-order valence-corrected chi connectivity index (χ4v) is 3.35. The molecule has 0 spiro atoms. The minimum Gasteiger partial charge on any atom is -0.462 e. The summed E-state index contributed by atoms with van der Waals surface area (Å²) in [5, 5.41) is 59.4. The minimum absolute atomic E-state index is 0.338. The molecule has 9 unspecified atom stereocenters. The van der Waals surface area contributed by atoms with Gasteiger partial charge in [-0.05, 0) is 24.1 Å². The smallest absolute Gasteiger partial charge is 0.229 e. The molecule has 2 saturated heterocycles. The number of rotatable bonds is 8. The first-order valence-electron chi connectivity index (χ1n) is 9.66. The van der Waals surface area contributed by atoms with Crippen molar-refractivity contribution < 1.29 is 49.6 Å². The lowest BCUT2D eigenvalue weighted by Gasteiger charge is -2.40. The van der Waals surface area contributed by atoms with Crippen LogP contribution in [0.5, 0.6) is 5.75 Å². The number of hydrogen-bond acceptors (Lipinski definition) is 10. The zero-order valence-corrected chi connectivity index (χ0v) is 16.2. The van der Waals surface area contributed by atoms with E-state index >= 15 is 0 Å². The molecule has 10 nitrogen and oxygen atoms in total. The van der Waals surface area contributed by atoms with Gasteiger partial charge >= 0.3 is 0 Å². The molecule has 6 N–H and O–H groups in total. The van der Waals surface area contributed by atoms with Crippen molar-refractivity contribution in [3.05, 3.63) is 42.5 Å². The van der Waals surface area contributed by atoms with Crippen molar-refractivity contribution >= 4 is 0 Å². The van der Waals surface area contributed by atoms with Crippen LogP contribution in [0, 0.1) is 0 Å². The van der Waals surface area contributed by atoms with Gasteiger partial charge < -0.3 is 49.6 Å². The van der Waals surface area contributed by atoms with Crippen LogP contribution in [0.15, 0.2) is 36.9 Å². The van der Waals surface area contributed by atoms with E-state index in [1.165, 1.54) is 0 Å². The Balaban J connectivity index is 1.60. The van der Waals surface area contributed by atoms with Gasteiger partial charge in [0.05, 0.1) is 13.2 Å². The minimum atomic E-state index is -1.57. The van der Waals surface area contributed by atoms with Crippen LogP contribution in [-0.2, 0) is 20.6 Å². The Hall–Kier alpha value is -1.60. The van der Waals surface area contributed by atoms with Gasteiger partial charge in [-0.25, -0.2) is 0 Å². The van der Waals surface area contributed by atoms with Gasteiger partial charge in [0.1, 0.15) is 48.5 Å². The molecule has 0 aromatic heterocycles. The van der Waals surface area contributed by atoms with Crippen LogP contribution < -0.4 is 4.74 Å². The Kier molecular flexibility index (Phi) is 7.80. The molecule has 1 aromatic rings. The van der Waals surface area contributed by atoms with Crippen molar-refractivity contribution in [2.45, 2.75) is 61.7 Å². The molecule has 1 aromatic carbocycles. The summed E-state index contributed by atoms with van der Waals surface area (Å²) in [5.74, 6) is 0.388. The fraction of sp³-hybridized carbons (Fsp3) is 0.600.